The van der Waals surface area contributed by atoms with Gasteiger partial charge in [0.25, 0.3) is 0 Å². The third-order valence-electron chi connectivity index (χ3n) is 2.46. The summed E-state index contributed by atoms with van der Waals surface area (Å²) in [7, 11) is 0. The first-order chi connectivity index (χ1) is 8.58. The highest BCUT2D eigenvalue weighted by molar-refractivity contribution is 6.32. The van der Waals surface area contributed by atoms with Crippen LogP contribution in [0.15, 0.2) is 24.3 Å². The van der Waals surface area contributed by atoms with E-state index in [1.165, 1.54) is 24.3 Å². The van der Waals surface area contributed by atoms with Gasteiger partial charge in [-0.15, -0.1) is 0 Å². The maximum atomic E-state index is 13.4. The van der Waals surface area contributed by atoms with Crippen LogP contribution in [-0.2, 0) is 4.79 Å². The lowest BCUT2D eigenvalue weighted by Crippen LogP contribution is -2.35. The molecule has 1 aromatic carbocycles. The van der Waals surface area contributed by atoms with Crippen molar-refractivity contribution in [2.75, 3.05) is 6.61 Å². The maximum absolute atomic E-state index is 13.4. The molecule has 0 aliphatic heterocycles. The van der Waals surface area contributed by atoms with E-state index in [4.69, 9.17) is 16.7 Å². The second-order valence-corrected chi connectivity index (χ2v) is 4.17. The molecule has 0 unspecified atom stereocenters. The summed E-state index contributed by atoms with van der Waals surface area (Å²) < 4.78 is 13.4. The van der Waals surface area contributed by atoms with Crippen LogP contribution in [0.5, 0.6) is 0 Å². The van der Waals surface area contributed by atoms with Crippen molar-refractivity contribution in [3.8, 4) is 0 Å². The molecule has 0 fully saturated rings. The van der Waals surface area contributed by atoms with E-state index in [-0.39, 0.29) is 23.2 Å². The van der Waals surface area contributed by atoms with Gasteiger partial charge in [0, 0.05) is 11.6 Å². The molecular formula is C13H15ClFNO2. The topological polar surface area (TPSA) is 49.3 Å². The Morgan fingerprint density at radius 3 is 2.89 bits per heavy atom. The summed E-state index contributed by atoms with van der Waals surface area (Å²) in [5.41, 5.74) is 0.173. The van der Waals surface area contributed by atoms with Crippen molar-refractivity contribution in [2.24, 2.45) is 0 Å². The van der Waals surface area contributed by atoms with Gasteiger partial charge in [-0.25, -0.2) is 4.39 Å². The lowest BCUT2D eigenvalue weighted by Gasteiger charge is -2.11. The summed E-state index contributed by atoms with van der Waals surface area (Å²) >= 11 is 5.81. The Bertz CT molecular complexity index is 424. The van der Waals surface area contributed by atoms with E-state index in [0.29, 0.717) is 6.42 Å². The van der Waals surface area contributed by atoms with Gasteiger partial charge in [-0.3, -0.25) is 4.79 Å². The minimum absolute atomic E-state index is 0.128. The Morgan fingerprint density at radius 2 is 2.33 bits per heavy atom. The lowest BCUT2D eigenvalue weighted by atomic mass is 10.2. The van der Waals surface area contributed by atoms with Gasteiger partial charge in [0.2, 0.25) is 5.91 Å². The molecule has 0 saturated carbocycles. The second kappa shape index (κ2) is 7.13. The molecule has 0 spiro atoms. The van der Waals surface area contributed by atoms with Gasteiger partial charge in [-0.1, -0.05) is 24.6 Å². The molecular weight excluding hydrogens is 257 g/mol. The number of hydrogen-bond donors (Lipinski definition) is 2. The van der Waals surface area contributed by atoms with Crippen LogP contribution < -0.4 is 5.32 Å². The van der Waals surface area contributed by atoms with E-state index >= 15 is 0 Å². The summed E-state index contributed by atoms with van der Waals surface area (Å²) in [5.74, 6) is -0.879. The van der Waals surface area contributed by atoms with Crippen LogP contribution in [0.25, 0.3) is 6.08 Å². The smallest absolute Gasteiger partial charge is 0.244 e. The molecule has 1 amide bonds. The summed E-state index contributed by atoms with van der Waals surface area (Å²) in [6.07, 6.45) is 3.14. The first-order valence-corrected chi connectivity index (χ1v) is 5.99. The number of nitrogens with one attached hydrogen (secondary N) is 1. The standard InChI is InChI=1S/C13H15ClFNO2/c1-2-9(8-17)16-13(18)7-6-10-11(14)4-3-5-12(10)15/h3-7,9,17H,2,8H2,1H3,(H,16,18)/b7-6+/t9-/m0/s1. The zero-order valence-electron chi connectivity index (χ0n) is 9.99. The highest BCUT2D eigenvalue weighted by Crippen LogP contribution is 2.20. The van der Waals surface area contributed by atoms with Crippen molar-refractivity contribution in [1.29, 1.82) is 0 Å². The fourth-order valence-electron chi connectivity index (χ4n) is 1.36. The molecule has 0 bridgehead atoms. The Kier molecular flexibility index (Phi) is 5.82. The number of carbonyl (C=O) groups excluding carboxylic acids is 1. The molecule has 1 aromatic rings. The third kappa shape index (κ3) is 4.13. The zero-order chi connectivity index (χ0) is 13.5. The molecule has 98 valence electrons. The van der Waals surface area contributed by atoms with Crippen LogP contribution in [0, 0.1) is 5.82 Å². The molecule has 2 N–H and O–H groups in total. The van der Waals surface area contributed by atoms with Gasteiger partial charge in [-0.05, 0) is 24.6 Å². The van der Waals surface area contributed by atoms with Crippen molar-refractivity contribution >= 4 is 23.6 Å². The number of aliphatic hydroxyl groups excluding tert-OH is 1. The maximum Gasteiger partial charge on any atom is 0.244 e. The summed E-state index contributed by atoms with van der Waals surface area (Å²) in [6.45, 7) is 1.72. The van der Waals surface area contributed by atoms with Crippen LogP contribution in [-0.4, -0.2) is 23.7 Å². The van der Waals surface area contributed by atoms with Crippen LogP contribution in [0.3, 0.4) is 0 Å². The van der Waals surface area contributed by atoms with Crippen molar-refractivity contribution in [2.45, 2.75) is 19.4 Å². The zero-order valence-corrected chi connectivity index (χ0v) is 10.7. The number of carbonyl (C=O) groups is 1. The molecule has 0 radical (unpaired) electrons. The normalized spacial score (nSPS) is 12.7. The molecule has 0 aliphatic rings. The van der Waals surface area contributed by atoms with E-state index < -0.39 is 11.7 Å². The monoisotopic (exact) mass is 271 g/mol. The van der Waals surface area contributed by atoms with Gasteiger partial charge in [0.15, 0.2) is 0 Å². The first kappa shape index (κ1) is 14.7. The molecule has 0 aliphatic carbocycles. The molecule has 5 heteroatoms. The highest BCUT2D eigenvalue weighted by Gasteiger charge is 2.07. The summed E-state index contributed by atoms with van der Waals surface area (Å²) in [5, 5.41) is 11.8. The molecule has 0 aromatic heterocycles. The van der Waals surface area contributed by atoms with Crippen molar-refractivity contribution in [3.63, 3.8) is 0 Å². The predicted molar refractivity (Wildman–Crippen MR) is 69.8 cm³/mol. The number of rotatable bonds is 5. The van der Waals surface area contributed by atoms with Gasteiger partial charge < -0.3 is 10.4 Å². The fourth-order valence-corrected chi connectivity index (χ4v) is 1.58. The largest absolute Gasteiger partial charge is 0.394 e. The Balaban J connectivity index is 2.72. The predicted octanol–water partition coefficient (Wildman–Crippen LogP) is 2.38. The average molecular weight is 272 g/mol. The van der Waals surface area contributed by atoms with Crippen molar-refractivity contribution in [1.82, 2.24) is 5.32 Å². The Labute approximate surface area is 110 Å². The number of amides is 1. The van der Waals surface area contributed by atoms with Crippen molar-refractivity contribution in [3.05, 3.63) is 40.7 Å². The van der Waals surface area contributed by atoms with Crippen LogP contribution in [0.1, 0.15) is 18.9 Å². The van der Waals surface area contributed by atoms with Crippen LogP contribution in [0.4, 0.5) is 4.39 Å². The molecule has 1 rings (SSSR count). The molecule has 3 nitrogen and oxygen atoms in total. The summed E-state index contributed by atoms with van der Waals surface area (Å²) in [6, 6.07) is 4.02. The van der Waals surface area contributed by atoms with Crippen LogP contribution in [0.2, 0.25) is 5.02 Å². The van der Waals surface area contributed by atoms with Crippen LogP contribution >= 0.6 is 11.6 Å². The van der Waals surface area contributed by atoms with Gasteiger partial charge >= 0.3 is 0 Å². The minimum Gasteiger partial charge on any atom is -0.394 e. The molecule has 18 heavy (non-hydrogen) atoms. The molecule has 1 atom stereocenters. The van der Waals surface area contributed by atoms with E-state index in [9.17, 15) is 9.18 Å². The minimum atomic E-state index is -0.485. The molecule has 0 saturated heterocycles. The summed E-state index contributed by atoms with van der Waals surface area (Å²) in [4.78, 5) is 11.5. The Morgan fingerprint density at radius 1 is 1.61 bits per heavy atom. The van der Waals surface area contributed by atoms with Crippen molar-refractivity contribution < 1.29 is 14.3 Å². The van der Waals surface area contributed by atoms with E-state index in [1.54, 1.807) is 6.07 Å². The lowest BCUT2D eigenvalue weighted by molar-refractivity contribution is -0.117. The van der Waals surface area contributed by atoms with Gasteiger partial charge in [0.05, 0.1) is 17.7 Å². The average Bonchev–Trinajstić information content (AvgIpc) is 2.35. The number of benzene rings is 1. The SMILES string of the molecule is CC[C@@H](CO)NC(=O)/C=C/c1c(F)cccc1Cl. The van der Waals surface area contributed by atoms with Gasteiger partial charge in [-0.2, -0.15) is 0 Å². The fraction of sp³-hybridized carbons (Fsp3) is 0.308. The number of halogens is 2. The molecule has 0 heterocycles. The third-order valence-corrected chi connectivity index (χ3v) is 2.79. The Hall–Kier alpha value is -1.39. The second-order valence-electron chi connectivity index (χ2n) is 3.77. The van der Waals surface area contributed by atoms with E-state index in [0.717, 1.165) is 0 Å². The number of hydrogen-bond acceptors (Lipinski definition) is 2. The highest BCUT2D eigenvalue weighted by atomic mass is 35.5. The first-order valence-electron chi connectivity index (χ1n) is 5.62. The van der Waals surface area contributed by atoms with E-state index in [1.807, 2.05) is 6.92 Å². The number of aliphatic hydroxyl groups is 1. The van der Waals surface area contributed by atoms with E-state index in [2.05, 4.69) is 5.32 Å². The van der Waals surface area contributed by atoms with Gasteiger partial charge in [0.1, 0.15) is 5.82 Å². The quantitative estimate of drug-likeness (QED) is 0.808.